The van der Waals surface area contributed by atoms with Crippen molar-refractivity contribution in [3.05, 3.63) is 76.9 Å². The fraction of sp³-hybridized carbons (Fsp3) is 0.486. The molecule has 234 valence electrons. The van der Waals surface area contributed by atoms with Crippen LogP contribution in [0.2, 0.25) is 0 Å². The van der Waals surface area contributed by atoms with Crippen molar-refractivity contribution in [2.45, 2.75) is 64.0 Å². The average molecular weight is 607 g/mol. The highest BCUT2D eigenvalue weighted by molar-refractivity contribution is 5.77. The average Bonchev–Trinajstić information content (AvgIpc) is 3.75. The normalized spacial score (nSPS) is 23.5. The second-order valence-electron chi connectivity index (χ2n) is 14.1. The van der Waals surface area contributed by atoms with Gasteiger partial charge in [-0.25, -0.2) is 19.3 Å². The van der Waals surface area contributed by atoms with Crippen LogP contribution in [0.15, 0.2) is 60.0 Å². The molecule has 2 N–H and O–H groups in total. The van der Waals surface area contributed by atoms with Gasteiger partial charge in [-0.3, -0.25) is 4.79 Å². The predicted octanol–water partition coefficient (Wildman–Crippen LogP) is 4.76. The maximum atomic E-state index is 13.5. The van der Waals surface area contributed by atoms with E-state index in [2.05, 4.69) is 58.0 Å². The van der Waals surface area contributed by atoms with Gasteiger partial charge in [-0.05, 0) is 113 Å². The van der Waals surface area contributed by atoms with Gasteiger partial charge in [-0.2, -0.15) is 4.98 Å². The first-order chi connectivity index (χ1) is 21.7. The first-order valence-electron chi connectivity index (χ1n) is 16.3. The summed E-state index contributed by atoms with van der Waals surface area (Å²) in [5.41, 5.74) is 3.54. The number of allylic oxidation sites excluding steroid dienone is 1. The third kappa shape index (κ3) is 4.60. The third-order valence-electron chi connectivity index (χ3n) is 11.4. The maximum absolute atomic E-state index is 13.5. The summed E-state index contributed by atoms with van der Waals surface area (Å²) in [4.78, 5) is 32.7. The predicted molar refractivity (Wildman–Crippen MR) is 176 cm³/mol. The van der Waals surface area contributed by atoms with Gasteiger partial charge in [0.1, 0.15) is 11.0 Å². The zero-order valence-corrected chi connectivity index (χ0v) is 26.3. The number of rotatable bonds is 6. The minimum Gasteiger partial charge on any atom is -0.383 e. The van der Waals surface area contributed by atoms with E-state index in [9.17, 15) is 9.90 Å². The number of benzene rings is 1. The molecule has 1 saturated carbocycles. The fourth-order valence-corrected chi connectivity index (χ4v) is 8.09. The Kier molecular flexibility index (Phi) is 6.48. The van der Waals surface area contributed by atoms with Crippen molar-refractivity contribution in [2.24, 2.45) is 10.8 Å². The van der Waals surface area contributed by atoms with E-state index in [1.54, 1.807) is 21.6 Å². The van der Waals surface area contributed by atoms with Crippen LogP contribution < -0.4 is 15.8 Å². The molecule has 0 bridgehead atoms. The highest BCUT2D eigenvalue weighted by Crippen LogP contribution is 2.64. The van der Waals surface area contributed by atoms with Crippen LogP contribution in [0.1, 0.15) is 56.7 Å². The Morgan fingerprint density at radius 3 is 2.38 bits per heavy atom. The molecule has 1 atom stereocenters. The SMILES string of the molecule is C=CCn1c(=O)c2cnc(Nc3ccc(N4CCC5(CCN(C)CC5)CC4)cc3)nc2n1-c1ccc2c(n1)[C@](C)(O)C1(CC1)C2. The van der Waals surface area contributed by atoms with E-state index in [0.717, 1.165) is 43.6 Å². The summed E-state index contributed by atoms with van der Waals surface area (Å²) in [5.74, 6) is 0.935. The molecule has 5 heterocycles. The molecule has 10 heteroatoms. The summed E-state index contributed by atoms with van der Waals surface area (Å²) in [6.45, 7) is 10.7. The van der Waals surface area contributed by atoms with Crippen molar-refractivity contribution < 1.29 is 5.11 Å². The van der Waals surface area contributed by atoms with Crippen molar-refractivity contribution >= 4 is 28.4 Å². The number of hydrogen-bond acceptors (Lipinski definition) is 8. The summed E-state index contributed by atoms with van der Waals surface area (Å²) in [7, 11) is 2.23. The highest BCUT2D eigenvalue weighted by Gasteiger charge is 2.62. The molecule has 2 spiro atoms. The lowest BCUT2D eigenvalue weighted by atomic mass is 9.71. The summed E-state index contributed by atoms with van der Waals surface area (Å²) in [5, 5.41) is 15.2. The van der Waals surface area contributed by atoms with Crippen molar-refractivity contribution in [3.63, 3.8) is 0 Å². The van der Waals surface area contributed by atoms with Crippen LogP contribution in [-0.2, 0) is 18.6 Å². The molecule has 2 aliphatic carbocycles. The van der Waals surface area contributed by atoms with E-state index in [0.29, 0.717) is 33.9 Å². The van der Waals surface area contributed by atoms with Crippen molar-refractivity contribution in [2.75, 3.05) is 43.4 Å². The number of nitrogens with one attached hydrogen (secondary N) is 1. The summed E-state index contributed by atoms with van der Waals surface area (Å²) in [6, 6.07) is 12.4. The number of anilines is 3. The van der Waals surface area contributed by atoms with Gasteiger partial charge in [0.05, 0.1) is 12.2 Å². The van der Waals surface area contributed by atoms with E-state index in [1.807, 2.05) is 19.1 Å². The number of aliphatic hydroxyl groups is 1. The largest absolute Gasteiger partial charge is 0.383 e. The van der Waals surface area contributed by atoms with E-state index in [4.69, 9.17) is 9.97 Å². The van der Waals surface area contributed by atoms with Gasteiger partial charge < -0.3 is 20.2 Å². The molecule has 4 aromatic rings. The molecular formula is C35H42N8O2. The van der Waals surface area contributed by atoms with Gasteiger partial charge >= 0.3 is 0 Å². The molecule has 45 heavy (non-hydrogen) atoms. The zero-order valence-electron chi connectivity index (χ0n) is 26.3. The lowest BCUT2D eigenvalue weighted by Gasteiger charge is -2.46. The molecule has 10 nitrogen and oxygen atoms in total. The number of hydrogen-bond donors (Lipinski definition) is 2. The van der Waals surface area contributed by atoms with Crippen LogP contribution in [0.3, 0.4) is 0 Å². The molecule has 0 radical (unpaired) electrons. The maximum Gasteiger partial charge on any atom is 0.278 e. The number of piperidine rings is 2. The lowest BCUT2D eigenvalue weighted by molar-refractivity contribution is -0.0102. The summed E-state index contributed by atoms with van der Waals surface area (Å²) < 4.78 is 3.31. The van der Waals surface area contributed by atoms with Crippen LogP contribution in [0.4, 0.5) is 17.3 Å². The third-order valence-corrected chi connectivity index (χ3v) is 11.4. The molecule has 4 aliphatic rings. The van der Waals surface area contributed by atoms with Gasteiger partial charge in [0.15, 0.2) is 11.5 Å². The molecule has 0 amide bonds. The Morgan fingerprint density at radius 2 is 1.69 bits per heavy atom. The molecule has 3 fully saturated rings. The number of aromatic nitrogens is 5. The Bertz CT molecular complexity index is 1830. The van der Waals surface area contributed by atoms with Gasteiger partial charge in [0.2, 0.25) is 5.95 Å². The Labute approximate surface area is 263 Å². The van der Waals surface area contributed by atoms with E-state index in [1.165, 1.54) is 44.5 Å². The summed E-state index contributed by atoms with van der Waals surface area (Å²) >= 11 is 0. The second kappa shape index (κ2) is 10.3. The smallest absolute Gasteiger partial charge is 0.278 e. The highest BCUT2D eigenvalue weighted by atomic mass is 16.3. The quantitative estimate of drug-likeness (QED) is 0.303. The first kappa shape index (κ1) is 28.5. The number of nitrogens with zero attached hydrogens (tertiary/aromatic N) is 7. The van der Waals surface area contributed by atoms with Crippen LogP contribution in [-0.4, -0.2) is 67.5 Å². The minimum absolute atomic E-state index is 0.113. The van der Waals surface area contributed by atoms with Crippen molar-refractivity contribution in [1.82, 2.24) is 29.2 Å². The molecular weight excluding hydrogens is 564 g/mol. The number of pyridine rings is 1. The molecule has 3 aromatic heterocycles. The van der Waals surface area contributed by atoms with Crippen LogP contribution >= 0.6 is 0 Å². The first-order valence-corrected chi connectivity index (χ1v) is 16.3. The molecule has 1 aromatic carbocycles. The second-order valence-corrected chi connectivity index (χ2v) is 14.1. The number of likely N-dealkylation sites (tertiary alicyclic amines) is 1. The fourth-order valence-electron chi connectivity index (χ4n) is 8.09. The topological polar surface area (TPSA) is 104 Å². The molecule has 2 saturated heterocycles. The van der Waals surface area contributed by atoms with Gasteiger partial charge in [-0.1, -0.05) is 12.1 Å². The van der Waals surface area contributed by atoms with Gasteiger partial charge in [0.25, 0.3) is 5.56 Å². The van der Waals surface area contributed by atoms with E-state index >= 15 is 0 Å². The van der Waals surface area contributed by atoms with Crippen LogP contribution in [0, 0.1) is 10.8 Å². The Hall–Kier alpha value is -4.02. The van der Waals surface area contributed by atoms with Gasteiger partial charge in [0, 0.05) is 36.1 Å². The summed E-state index contributed by atoms with van der Waals surface area (Å²) in [6.07, 6.45) is 11.3. The standard InChI is InChI=1S/C35H42N8O2/c1-4-17-42-31(44)27-23-36-32(39-30(27)43(42)28-10-5-24-22-35(11-12-35)33(2,45)29(24)38-28)37-25-6-8-26(9-7-25)41-20-15-34(16-21-41)13-18-40(3)19-14-34/h4-10,23,45H,1,11-22H2,2-3H3,(H,36,37,39)/t33-/m0/s1. The van der Waals surface area contributed by atoms with E-state index < -0.39 is 5.60 Å². The van der Waals surface area contributed by atoms with Crippen molar-refractivity contribution in [3.8, 4) is 5.82 Å². The van der Waals surface area contributed by atoms with Crippen LogP contribution in [0.5, 0.6) is 0 Å². The Morgan fingerprint density at radius 1 is 0.978 bits per heavy atom. The monoisotopic (exact) mass is 606 g/mol. The zero-order chi connectivity index (χ0) is 31.0. The lowest BCUT2D eigenvalue weighted by Crippen LogP contribution is -2.46. The minimum atomic E-state index is -0.999. The molecule has 8 rings (SSSR count). The molecule has 2 aliphatic heterocycles. The molecule has 0 unspecified atom stereocenters. The number of fused-ring (bicyclic) bond motifs is 2. The van der Waals surface area contributed by atoms with Crippen LogP contribution in [0.25, 0.3) is 16.9 Å². The Balaban J connectivity index is 1.06. The van der Waals surface area contributed by atoms with Gasteiger partial charge in [-0.15, -0.1) is 6.58 Å². The van der Waals surface area contributed by atoms with Crippen molar-refractivity contribution in [1.29, 1.82) is 0 Å². The van der Waals surface area contributed by atoms with E-state index in [-0.39, 0.29) is 17.5 Å².